The zero-order chi connectivity index (χ0) is 15.2. The maximum atomic E-state index is 10.5. The number of thiophene rings is 1. The summed E-state index contributed by atoms with van der Waals surface area (Å²) in [4.78, 5) is 15.1. The van der Waals surface area contributed by atoms with Crippen molar-refractivity contribution in [2.75, 3.05) is 19.0 Å². The monoisotopic (exact) mass is 297 g/mol. The fourth-order valence-corrected chi connectivity index (χ4v) is 4.23. The molecule has 2 aromatic rings. The number of hydrogen-bond acceptors (Lipinski definition) is 3. The molecule has 3 heteroatoms. The largest absolute Gasteiger partial charge is 0.378 e. The number of carbonyl (C=O) groups excluding carboxylic acids is 1. The van der Waals surface area contributed by atoms with E-state index < -0.39 is 0 Å². The van der Waals surface area contributed by atoms with Gasteiger partial charge < -0.3 is 4.90 Å². The van der Waals surface area contributed by atoms with Crippen molar-refractivity contribution in [3.05, 3.63) is 46.3 Å². The Bertz CT molecular complexity index is 738. The van der Waals surface area contributed by atoms with Crippen LogP contribution in [0.15, 0.2) is 30.3 Å². The van der Waals surface area contributed by atoms with Gasteiger partial charge in [0.25, 0.3) is 0 Å². The minimum absolute atomic E-state index is 0.0143. The maximum absolute atomic E-state index is 10.5. The molecule has 0 radical (unpaired) electrons. The molecule has 1 aliphatic rings. The van der Waals surface area contributed by atoms with Crippen molar-refractivity contribution < 1.29 is 4.79 Å². The Morgan fingerprint density at radius 2 is 1.90 bits per heavy atom. The Morgan fingerprint density at radius 3 is 2.57 bits per heavy atom. The molecule has 1 heterocycles. The summed E-state index contributed by atoms with van der Waals surface area (Å²) in [5.41, 5.74) is 5.33. The van der Waals surface area contributed by atoms with Gasteiger partial charge in [0.2, 0.25) is 0 Å². The summed E-state index contributed by atoms with van der Waals surface area (Å²) in [6.45, 7) is 4.55. The highest BCUT2D eigenvalue weighted by Crippen LogP contribution is 2.53. The summed E-state index contributed by atoms with van der Waals surface area (Å²) in [5, 5.41) is 0. The Balaban J connectivity index is 2.16. The second kappa shape index (κ2) is 4.85. The predicted molar refractivity (Wildman–Crippen MR) is 91.3 cm³/mol. The fourth-order valence-electron chi connectivity index (χ4n) is 2.96. The lowest BCUT2D eigenvalue weighted by atomic mass is 9.82. The summed E-state index contributed by atoms with van der Waals surface area (Å²) in [6, 6.07) is 8.91. The minimum Gasteiger partial charge on any atom is -0.378 e. The number of fused-ring (bicyclic) bond motifs is 3. The Morgan fingerprint density at radius 1 is 1.14 bits per heavy atom. The first kappa shape index (κ1) is 14.1. The highest BCUT2D eigenvalue weighted by Gasteiger charge is 2.37. The molecule has 108 valence electrons. The lowest BCUT2D eigenvalue weighted by Gasteiger charge is -2.22. The van der Waals surface area contributed by atoms with Gasteiger partial charge in [-0.05, 0) is 47.0 Å². The van der Waals surface area contributed by atoms with Crippen LogP contribution < -0.4 is 4.90 Å². The predicted octanol–water partition coefficient (Wildman–Crippen LogP) is 4.33. The molecule has 1 aromatic carbocycles. The van der Waals surface area contributed by atoms with Crippen LogP contribution in [0.25, 0.3) is 16.5 Å². The number of allylic oxidation sites excluding steroid dienone is 1. The van der Waals surface area contributed by atoms with Crippen molar-refractivity contribution in [1.82, 2.24) is 0 Å². The molecule has 0 saturated heterocycles. The second-order valence-corrected chi connectivity index (χ2v) is 7.22. The van der Waals surface area contributed by atoms with E-state index in [1.165, 1.54) is 27.3 Å². The van der Waals surface area contributed by atoms with E-state index in [2.05, 4.69) is 57.1 Å². The van der Waals surface area contributed by atoms with Gasteiger partial charge in [-0.15, -0.1) is 11.3 Å². The van der Waals surface area contributed by atoms with E-state index in [4.69, 9.17) is 0 Å². The summed E-state index contributed by atoms with van der Waals surface area (Å²) in [7, 11) is 4.14. The highest BCUT2D eigenvalue weighted by molar-refractivity contribution is 7.16. The zero-order valence-corrected chi connectivity index (χ0v) is 13.6. The van der Waals surface area contributed by atoms with E-state index >= 15 is 0 Å². The van der Waals surface area contributed by atoms with E-state index in [1.54, 1.807) is 17.4 Å². The highest BCUT2D eigenvalue weighted by atomic mass is 32.1. The fraction of sp³-hybridized carbons (Fsp3) is 0.278. The van der Waals surface area contributed by atoms with Crippen molar-refractivity contribution in [3.63, 3.8) is 0 Å². The second-order valence-electron chi connectivity index (χ2n) is 6.14. The van der Waals surface area contributed by atoms with E-state index in [9.17, 15) is 4.79 Å². The molecular weight excluding hydrogens is 278 g/mol. The van der Waals surface area contributed by atoms with E-state index in [-0.39, 0.29) is 5.41 Å². The molecule has 2 nitrogen and oxygen atoms in total. The van der Waals surface area contributed by atoms with Gasteiger partial charge in [0.05, 0.1) is 0 Å². The number of carbonyl (C=O) groups is 1. The summed E-state index contributed by atoms with van der Waals surface area (Å²) in [5.74, 6) is 0. The number of nitrogens with zero attached hydrogens (tertiary/aromatic N) is 1. The van der Waals surface area contributed by atoms with Crippen LogP contribution in [-0.4, -0.2) is 20.4 Å². The van der Waals surface area contributed by atoms with Crippen LogP contribution in [0.3, 0.4) is 0 Å². The van der Waals surface area contributed by atoms with Crippen LogP contribution in [-0.2, 0) is 10.2 Å². The van der Waals surface area contributed by atoms with Gasteiger partial charge in [-0.1, -0.05) is 19.9 Å². The number of hydrogen-bond donors (Lipinski definition) is 0. The lowest BCUT2D eigenvalue weighted by Crippen LogP contribution is -2.16. The SMILES string of the molecule is CN(C)c1ccc2c(c1)C(C)(C)c1cc(/C=C/C=O)sc1-2. The van der Waals surface area contributed by atoms with Gasteiger partial charge in [-0.2, -0.15) is 0 Å². The van der Waals surface area contributed by atoms with Crippen LogP contribution in [0, 0.1) is 0 Å². The lowest BCUT2D eigenvalue weighted by molar-refractivity contribution is -0.104. The van der Waals surface area contributed by atoms with Crippen LogP contribution in [0.1, 0.15) is 29.9 Å². The molecule has 0 aliphatic heterocycles. The molecule has 3 rings (SSSR count). The van der Waals surface area contributed by atoms with Crippen molar-refractivity contribution in [2.24, 2.45) is 0 Å². The van der Waals surface area contributed by atoms with Gasteiger partial charge in [-0.3, -0.25) is 4.79 Å². The molecule has 0 fully saturated rings. The number of rotatable bonds is 3. The molecule has 0 unspecified atom stereocenters. The number of anilines is 1. The van der Waals surface area contributed by atoms with Gasteiger partial charge in [0, 0.05) is 35.0 Å². The van der Waals surface area contributed by atoms with E-state index in [0.717, 1.165) is 11.2 Å². The Labute approximate surface area is 129 Å². The Kier molecular flexibility index (Phi) is 3.25. The average molecular weight is 297 g/mol. The van der Waals surface area contributed by atoms with Crippen molar-refractivity contribution in [3.8, 4) is 10.4 Å². The third-order valence-electron chi connectivity index (χ3n) is 4.20. The third-order valence-corrected chi connectivity index (χ3v) is 5.33. The van der Waals surface area contributed by atoms with Crippen molar-refractivity contribution in [1.29, 1.82) is 0 Å². The molecule has 0 atom stereocenters. The maximum Gasteiger partial charge on any atom is 0.142 e. The molecule has 21 heavy (non-hydrogen) atoms. The van der Waals surface area contributed by atoms with Crippen LogP contribution in [0.4, 0.5) is 5.69 Å². The van der Waals surface area contributed by atoms with Crippen LogP contribution in [0.5, 0.6) is 0 Å². The van der Waals surface area contributed by atoms with Gasteiger partial charge in [0.15, 0.2) is 0 Å². The van der Waals surface area contributed by atoms with Crippen molar-refractivity contribution >= 4 is 29.4 Å². The molecular formula is C18H19NOS. The molecule has 0 bridgehead atoms. The van der Waals surface area contributed by atoms with Crippen LogP contribution in [0.2, 0.25) is 0 Å². The quantitative estimate of drug-likeness (QED) is 0.621. The standard InChI is InChI=1S/C18H19NOS/c1-18(2)15-10-12(19(3)4)7-8-14(15)17-16(18)11-13(21-17)6-5-9-20/h5-11H,1-4H3/b6-5+. The number of benzene rings is 1. The summed E-state index contributed by atoms with van der Waals surface area (Å²) >= 11 is 1.76. The third kappa shape index (κ3) is 2.12. The first-order valence-corrected chi connectivity index (χ1v) is 7.85. The number of aldehydes is 1. The van der Waals surface area contributed by atoms with Gasteiger partial charge >= 0.3 is 0 Å². The summed E-state index contributed by atoms with van der Waals surface area (Å²) < 4.78 is 0. The topological polar surface area (TPSA) is 20.3 Å². The molecule has 1 aliphatic carbocycles. The van der Waals surface area contributed by atoms with Gasteiger partial charge in [-0.25, -0.2) is 0 Å². The Hall–Kier alpha value is -1.87. The molecule has 0 saturated carbocycles. The van der Waals surface area contributed by atoms with Crippen LogP contribution >= 0.6 is 11.3 Å². The van der Waals surface area contributed by atoms with Gasteiger partial charge in [0.1, 0.15) is 6.29 Å². The molecule has 0 amide bonds. The normalized spacial score (nSPS) is 15.0. The molecule has 1 aromatic heterocycles. The minimum atomic E-state index is 0.0143. The molecule has 0 spiro atoms. The smallest absolute Gasteiger partial charge is 0.142 e. The summed E-state index contributed by atoms with van der Waals surface area (Å²) in [6.07, 6.45) is 4.28. The first-order valence-electron chi connectivity index (χ1n) is 7.03. The average Bonchev–Trinajstić information content (AvgIpc) is 2.96. The first-order chi connectivity index (χ1) is 9.95. The molecule has 0 N–H and O–H groups in total. The van der Waals surface area contributed by atoms with E-state index in [0.29, 0.717) is 0 Å². The zero-order valence-electron chi connectivity index (χ0n) is 12.8. The van der Waals surface area contributed by atoms with E-state index in [1.807, 2.05) is 6.08 Å². The van der Waals surface area contributed by atoms with Crippen molar-refractivity contribution in [2.45, 2.75) is 19.3 Å².